The quantitative estimate of drug-likeness (QED) is 0.677. The molecular formula is C20H22ClN3O2S. The van der Waals surface area contributed by atoms with Gasteiger partial charge in [-0.05, 0) is 43.7 Å². The van der Waals surface area contributed by atoms with Crippen LogP contribution >= 0.6 is 23.4 Å². The number of fused-ring (bicyclic) bond motifs is 1. The molecule has 0 radical (unpaired) electrons. The Labute approximate surface area is 168 Å². The number of halogens is 1. The van der Waals surface area contributed by atoms with E-state index in [0.29, 0.717) is 17.0 Å². The highest BCUT2D eigenvalue weighted by Gasteiger charge is 2.26. The van der Waals surface area contributed by atoms with Crippen molar-refractivity contribution in [2.45, 2.75) is 31.7 Å². The van der Waals surface area contributed by atoms with Crippen LogP contribution in [-0.4, -0.2) is 29.7 Å². The molecule has 27 heavy (non-hydrogen) atoms. The van der Waals surface area contributed by atoms with E-state index in [9.17, 15) is 9.59 Å². The van der Waals surface area contributed by atoms with Crippen LogP contribution in [0.3, 0.4) is 0 Å². The van der Waals surface area contributed by atoms with Crippen LogP contribution in [-0.2, 0) is 10.5 Å². The van der Waals surface area contributed by atoms with E-state index in [1.807, 2.05) is 44.2 Å². The fourth-order valence-corrected chi connectivity index (χ4v) is 4.09. The molecule has 3 rings (SSSR count). The largest absolute Gasteiger partial charge is 0.371 e. The summed E-state index contributed by atoms with van der Waals surface area (Å²) in [7, 11) is 0. The van der Waals surface area contributed by atoms with E-state index in [2.05, 4.69) is 16.0 Å². The van der Waals surface area contributed by atoms with Crippen LogP contribution in [0.1, 0.15) is 29.8 Å². The van der Waals surface area contributed by atoms with E-state index in [-0.39, 0.29) is 23.9 Å². The number of thioether (sulfide) groups is 1. The van der Waals surface area contributed by atoms with Crippen LogP contribution in [0.2, 0.25) is 5.02 Å². The summed E-state index contributed by atoms with van der Waals surface area (Å²) in [6, 6.07) is 12.7. The summed E-state index contributed by atoms with van der Waals surface area (Å²) in [5, 5.41) is 9.74. The van der Waals surface area contributed by atoms with Crippen molar-refractivity contribution in [3.63, 3.8) is 0 Å². The van der Waals surface area contributed by atoms with Crippen molar-refractivity contribution in [1.29, 1.82) is 0 Å². The monoisotopic (exact) mass is 403 g/mol. The van der Waals surface area contributed by atoms with Crippen molar-refractivity contribution in [2.75, 3.05) is 16.4 Å². The summed E-state index contributed by atoms with van der Waals surface area (Å²) < 4.78 is 0. The molecule has 7 heteroatoms. The van der Waals surface area contributed by atoms with E-state index in [4.69, 9.17) is 11.6 Å². The molecule has 142 valence electrons. The lowest BCUT2D eigenvalue weighted by Crippen LogP contribution is -2.40. The molecule has 1 aliphatic heterocycles. The molecule has 2 aromatic rings. The zero-order valence-electron chi connectivity index (χ0n) is 15.2. The Morgan fingerprint density at radius 3 is 2.74 bits per heavy atom. The second-order valence-electron chi connectivity index (χ2n) is 6.68. The van der Waals surface area contributed by atoms with Crippen molar-refractivity contribution >= 4 is 46.6 Å². The third-order valence-electron chi connectivity index (χ3n) is 4.11. The average Bonchev–Trinajstić information content (AvgIpc) is 2.62. The first kappa shape index (κ1) is 19.6. The molecule has 1 unspecified atom stereocenters. The summed E-state index contributed by atoms with van der Waals surface area (Å²) in [6.45, 7) is 3.81. The predicted molar refractivity (Wildman–Crippen MR) is 113 cm³/mol. The van der Waals surface area contributed by atoms with Gasteiger partial charge in [-0.25, -0.2) is 0 Å². The smallest absolute Gasteiger partial charge is 0.251 e. The van der Waals surface area contributed by atoms with Crippen molar-refractivity contribution in [1.82, 2.24) is 5.32 Å². The van der Waals surface area contributed by atoms with Gasteiger partial charge in [0.1, 0.15) is 6.04 Å². The number of nitrogens with one attached hydrogen (secondary N) is 3. The summed E-state index contributed by atoms with van der Waals surface area (Å²) in [6.07, 6.45) is 0. The minimum absolute atomic E-state index is 0.0563. The Bertz CT molecular complexity index is 857. The molecule has 2 aromatic carbocycles. The minimum Gasteiger partial charge on any atom is -0.371 e. The van der Waals surface area contributed by atoms with Crippen LogP contribution in [0.4, 0.5) is 11.4 Å². The number of benzene rings is 2. The van der Waals surface area contributed by atoms with Crippen molar-refractivity contribution in [2.24, 2.45) is 0 Å². The standard InChI is InChI=1S/C20H22ClN3O2S/c1-12(2)22-19(25)13-7-8-16-17(9-13)24-20(26)18(23-16)11-27-10-14-5-3-4-6-15(14)21/h3-9,12,18,23H,10-11H2,1-2H3,(H,22,25)(H,24,26). The molecule has 0 aromatic heterocycles. The van der Waals surface area contributed by atoms with Gasteiger partial charge in [-0.3, -0.25) is 9.59 Å². The summed E-state index contributed by atoms with van der Waals surface area (Å²) >= 11 is 7.82. The Morgan fingerprint density at radius 1 is 1.22 bits per heavy atom. The van der Waals surface area contributed by atoms with Gasteiger partial charge in [0.2, 0.25) is 5.91 Å². The molecule has 0 fully saturated rings. The Hall–Kier alpha value is -2.18. The maximum atomic E-state index is 12.4. The Kier molecular flexibility index (Phi) is 6.29. The third-order valence-corrected chi connectivity index (χ3v) is 5.56. The number of amides is 2. The van der Waals surface area contributed by atoms with Crippen LogP contribution in [0.25, 0.3) is 0 Å². The fourth-order valence-electron chi connectivity index (χ4n) is 2.75. The van der Waals surface area contributed by atoms with Gasteiger partial charge < -0.3 is 16.0 Å². The third kappa shape index (κ3) is 4.96. The Balaban J connectivity index is 1.62. The number of anilines is 2. The summed E-state index contributed by atoms with van der Waals surface area (Å²) in [5.41, 5.74) is 3.03. The van der Waals surface area contributed by atoms with Gasteiger partial charge in [-0.15, -0.1) is 0 Å². The van der Waals surface area contributed by atoms with Crippen LogP contribution in [0.15, 0.2) is 42.5 Å². The van der Waals surface area contributed by atoms with Gasteiger partial charge >= 0.3 is 0 Å². The van der Waals surface area contributed by atoms with Crippen LogP contribution in [0, 0.1) is 0 Å². The molecule has 0 spiro atoms. The Morgan fingerprint density at radius 2 is 2.00 bits per heavy atom. The molecule has 0 bridgehead atoms. The molecule has 2 amide bonds. The highest BCUT2D eigenvalue weighted by atomic mass is 35.5. The SMILES string of the molecule is CC(C)NC(=O)c1ccc2c(c1)NC(=O)C(CSCc1ccccc1Cl)N2. The minimum atomic E-state index is -0.333. The lowest BCUT2D eigenvalue weighted by Gasteiger charge is -2.27. The molecule has 5 nitrogen and oxygen atoms in total. The van der Waals surface area contributed by atoms with Crippen molar-refractivity contribution < 1.29 is 9.59 Å². The average molecular weight is 404 g/mol. The number of hydrogen-bond donors (Lipinski definition) is 3. The number of hydrogen-bond acceptors (Lipinski definition) is 4. The second kappa shape index (κ2) is 8.67. The molecule has 0 saturated heterocycles. The van der Waals surface area contributed by atoms with E-state index in [1.54, 1.807) is 23.9 Å². The molecule has 1 heterocycles. The highest BCUT2D eigenvalue weighted by molar-refractivity contribution is 7.98. The predicted octanol–water partition coefficient (Wildman–Crippen LogP) is 4.14. The lowest BCUT2D eigenvalue weighted by molar-refractivity contribution is -0.116. The summed E-state index contributed by atoms with van der Waals surface area (Å²) in [4.78, 5) is 24.5. The summed E-state index contributed by atoms with van der Waals surface area (Å²) in [5.74, 6) is 1.10. The van der Waals surface area contributed by atoms with Gasteiger partial charge in [0.25, 0.3) is 5.91 Å². The zero-order chi connectivity index (χ0) is 19.4. The topological polar surface area (TPSA) is 70.2 Å². The number of carbonyl (C=O) groups excluding carboxylic acids is 2. The molecule has 1 aliphatic rings. The van der Waals surface area contributed by atoms with E-state index in [1.165, 1.54) is 0 Å². The van der Waals surface area contributed by atoms with Crippen LogP contribution in [0.5, 0.6) is 0 Å². The zero-order valence-corrected chi connectivity index (χ0v) is 16.8. The van der Waals surface area contributed by atoms with Gasteiger partial charge in [0.15, 0.2) is 0 Å². The first-order chi connectivity index (χ1) is 12.9. The van der Waals surface area contributed by atoms with E-state index >= 15 is 0 Å². The molecule has 1 atom stereocenters. The van der Waals surface area contributed by atoms with Gasteiger partial charge in [0.05, 0.1) is 11.4 Å². The van der Waals surface area contributed by atoms with Crippen LogP contribution < -0.4 is 16.0 Å². The highest BCUT2D eigenvalue weighted by Crippen LogP contribution is 2.29. The van der Waals surface area contributed by atoms with Crippen molar-refractivity contribution in [3.8, 4) is 0 Å². The molecule has 0 saturated carbocycles. The first-order valence-electron chi connectivity index (χ1n) is 8.77. The lowest BCUT2D eigenvalue weighted by atomic mass is 10.1. The molecule has 3 N–H and O–H groups in total. The maximum absolute atomic E-state index is 12.4. The normalized spacial score (nSPS) is 15.7. The molecular weight excluding hydrogens is 382 g/mol. The van der Waals surface area contributed by atoms with E-state index in [0.717, 1.165) is 22.0 Å². The number of carbonyl (C=O) groups is 2. The second-order valence-corrected chi connectivity index (χ2v) is 8.12. The van der Waals surface area contributed by atoms with Gasteiger partial charge in [0, 0.05) is 28.1 Å². The fraction of sp³-hybridized carbons (Fsp3) is 0.300. The van der Waals surface area contributed by atoms with E-state index < -0.39 is 0 Å². The van der Waals surface area contributed by atoms with Gasteiger partial charge in [-0.2, -0.15) is 11.8 Å². The molecule has 0 aliphatic carbocycles. The maximum Gasteiger partial charge on any atom is 0.251 e. The number of rotatable bonds is 6. The van der Waals surface area contributed by atoms with Gasteiger partial charge in [-0.1, -0.05) is 29.8 Å². The first-order valence-corrected chi connectivity index (χ1v) is 10.3. The van der Waals surface area contributed by atoms with Crippen molar-refractivity contribution in [3.05, 3.63) is 58.6 Å².